The summed E-state index contributed by atoms with van der Waals surface area (Å²) < 4.78 is 22.1. The summed E-state index contributed by atoms with van der Waals surface area (Å²) in [6.45, 7) is 0. The molecule has 0 amide bonds. The van der Waals surface area contributed by atoms with Crippen molar-refractivity contribution in [2.75, 3.05) is 14.2 Å². The maximum atomic E-state index is 13.2. The summed E-state index contributed by atoms with van der Waals surface area (Å²) in [6.07, 6.45) is -0.0945. The minimum atomic E-state index is -0.944. The fourth-order valence-electron chi connectivity index (χ4n) is 3.05. The molecule has 35 heavy (non-hydrogen) atoms. The van der Waals surface area contributed by atoms with Gasteiger partial charge in [-0.25, -0.2) is 4.39 Å². The molecule has 0 spiro atoms. The summed E-state index contributed by atoms with van der Waals surface area (Å²) in [5.74, 6) is -0.268. The Kier molecular flexibility index (Phi) is 11.8. The maximum Gasteiger partial charge on any atom is 0.158 e. The number of hydrogen-bond acceptors (Lipinski definition) is 6. The fraction of sp³-hybridized carbons (Fsp3) is 0.185. The molecule has 4 aromatic rings. The first kappa shape index (κ1) is 28.4. The van der Waals surface area contributed by atoms with Crippen molar-refractivity contribution in [3.05, 3.63) is 96.9 Å². The number of halogens is 1. The monoisotopic (exact) mass is 654 g/mol. The Balaban J connectivity index is 0.000000373. The van der Waals surface area contributed by atoms with Crippen LogP contribution in [0.3, 0.4) is 0 Å². The van der Waals surface area contributed by atoms with Crippen molar-refractivity contribution in [2.45, 2.75) is 19.0 Å². The Morgan fingerprint density at radius 3 is 2.03 bits per heavy atom. The smallest absolute Gasteiger partial charge is 0.158 e. The number of ether oxygens (including phenoxy) is 2. The number of aliphatic hydroxyl groups excluding tert-OH is 2. The van der Waals surface area contributed by atoms with E-state index < -0.39 is 12.6 Å². The topological polar surface area (TPSA) is 84.7 Å². The van der Waals surface area contributed by atoms with Crippen LogP contribution in [0.2, 0.25) is 0 Å². The van der Waals surface area contributed by atoms with Gasteiger partial charge in [0, 0.05) is 58.2 Å². The summed E-state index contributed by atoms with van der Waals surface area (Å²) in [5.41, 5.74) is 4.96. The van der Waals surface area contributed by atoms with Crippen LogP contribution in [-0.4, -0.2) is 47.0 Å². The third-order valence-corrected chi connectivity index (χ3v) is 4.87. The molecule has 8 heteroatoms. The molecule has 0 aliphatic carbocycles. The molecule has 2 N–H and O–H groups in total. The van der Waals surface area contributed by atoms with E-state index in [0.717, 1.165) is 28.1 Å². The molecule has 4 rings (SSSR count). The second kappa shape index (κ2) is 14.5. The van der Waals surface area contributed by atoms with Crippen LogP contribution in [-0.2, 0) is 29.6 Å². The second-order valence-corrected chi connectivity index (χ2v) is 7.22. The van der Waals surface area contributed by atoms with Crippen LogP contribution in [0.5, 0.6) is 0 Å². The fourth-order valence-corrected chi connectivity index (χ4v) is 3.05. The molecule has 1 aromatic heterocycles. The Morgan fingerprint density at radius 1 is 0.829 bits per heavy atom. The molecule has 0 bridgehead atoms. The van der Waals surface area contributed by atoms with Gasteiger partial charge in [0.15, 0.2) is 12.6 Å². The van der Waals surface area contributed by atoms with Gasteiger partial charge in [0.25, 0.3) is 0 Å². The number of methoxy groups -OCH3 is 2. The van der Waals surface area contributed by atoms with Crippen molar-refractivity contribution in [2.24, 2.45) is 0 Å². The number of aliphatic hydroxyl groups is 2. The molecule has 1 radical (unpaired) electrons. The predicted octanol–water partition coefficient (Wildman–Crippen LogP) is 4.72. The van der Waals surface area contributed by atoms with Gasteiger partial charge >= 0.3 is 0 Å². The van der Waals surface area contributed by atoms with Crippen LogP contribution < -0.4 is 0 Å². The normalized spacial score (nSPS) is 12.0. The van der Waals surface area contributed by atoms with Gasteiger partial charge in [0.2, 0.25) is 0 Å². The van der Waals surface area contributed by atoms with Gasteiger partial charge in [-0.15, -0.1) is 35.9 Å². The first-order chi connectivity index (χ1) is 16.5. The SMILES string of the molecule is COC(O)CC(O)OC.Fc1ccc(-c2cnc(-c3[c-]cccc3)c(-c3ccccc3)n2)cc1.[Ir]. The summed E-state index contributed by atoms with van der Waals surface area (Å²) in [4.78, 5) is 9.45. The van der Waals surface area contributed by atoms with Crippen LogP contribution in [0.15, 0.2) is 85.1 Å². The molecule has 3 aromatic carbocycles. The van der Waals surface area contributed by atoms with Crippen LogP contribution in [0.4, 0.5) is 4.39 Å². The van der Waals surface area contributed by atoms with Crippen molar-refractivity contribution in [3.63, 3.8) is 0 Å². The molecule has 2 unspecified atom stereocenters. The van der Waals surface area contributed by atoms with Gasteiger partial charge in [0.05, 0.1) is 11.4 Å². The molecule has 1 heterocycles. The van der Waals surface area contributed by atoms with Crippen LogP contribution in [0.1, 0.15) is 6.42 Å². The molecule has 185 valence electrons. The molecule has 0 saturated heterocycles. The van der Waals surface area contributed by atoms with Crippen LogP contribution in [0, 0.1) is 11.9 Å². The summed E-state index contributed by atoms with van der Waals surface area (Å²) in [6, 6.07) is 27.1. The second-order valence-electron chi connectivity index (χ2n) is 7.22. The van der Waals surface area contributed by atoms with E-state index >= 15 is 0 Å². The van der Waals surface area contributed by atoms with Crippen molar-refractivity contribution < 1.29 is 44.2 Å². The van der Waals surface area contributed by atoms with Crippen molar-refractivity contribution in [1.29, 1.82) is 0 Å². The van der Waals surface area contributed by atoms with Gasteiger partial charge in [-0.2, -0.15) is 0 Å². The Hall–Kier alpha value is -2.84. The Morgan fingerprint density at radius 2 is 1.46 bits per heavy atom. The minimum absolute atomic E-state index is 0. The molecule has 0 aliphatic heterocycles. The predicted molar refractivity (Wildman–Crippen MR) is 128 cm³/mol. The molecule has 6 nitrogen and oxygen atoms in total. The first-order valence-electron chi connectivity index (χ1n) is 10.6. The van der Waals surface area contributed by atoms with E-state index in [9.17, 15) is 4.39 Å². The van der Waals surface area contributed by atoms with E-state index in [1.54, 1.807) is 18.3 Å². The average Bonchev–Trinajstić information content (AvgIpc) is 2.90. The molecular formula is C27H26FIrN2O4-. The van der Waals surface area contributed by atoms with Crippen LogP contribution in [0.25, 0.3) is 33.8 Å². The number of aromatic nitrogens is 2. The van der Waals surface area contributed by atoms with Gasteiger partial charge in [-0.3, -0.25) is 4.98 Å². The minimum Gasteiger partial charge on any atom is -0.368 e. The third kappa shape index (κ3) is 8.40. The zero-order chi connectivity index (χ0) is 24.3. The summed E-state index contributed by atoms with van der Waals surface area (Å²) >= 11 is 0. The van der Waals surface area contributed by atoms with E-state index in [4.69, 9.17) is 15.2 Å². The van der Waals surface area contributed by atoms with Gasteiger partial charge in [0.1, 0.15) is 5.82 Å². The van der Waals surface area contributed by atoms with Gasteiger partial charge in [-0.1, -0.05) is 30.3 Å². The van der Waals surface area contributed by atoms with E-state index in [0.29, 0.717) is 5.69 Å². The number of rotatable bonds is 7. The number of hydrogen-bond donors (Lipinski definition) is 2. The zero-order valence-electron chi connectivity index (χ0n) is 19.3. The zero-order valence-corrected chi connectivity index (χ0v) is 21.7. The summed E-state index contributed by atoms with van der Waals surface area (Å²) in [5, 5.41) is 17.4. The molecule has 2 atom stereocenters. The molecule has 0 fully saturated rings. The van der Waals surface area contributed by atoms with Crippen molar-refractivity contribution >= 4 is 0 Å². The van der Waals surface area contributed by atoms with Crippen LogP contribution >= 0.6 is 0 Å². The Labute approximate surface area is 217 Å². The molecule has 0 aliphatic rings. The summed E-state index contributed by atoms with van der Waals surface area (Å²) in [7, 11) is 2.71. The van der Waals surface area contributed by atoms with E-state index in [1.807, 2.05) is 54.6 Å². The van der Waals surface area contributed by atoms with E-state index in [-0.39, 0.29) is 32.3 Å². The largest absolute Gasteiger partial charge is 0.368 e. The maximum absolute atomic E-state index is 13.2. The van der Waals surface area contributed by atoms with E-state index in [2.05, 4.69) is 20.5 Å². The Bertz CT molecular complexity index is 1140. The van der Waals surface area contributed by atoms with Crippen molar-refractivity contribution in [1.82, 2.24) is 9.97 Å². The van der Waals surface area contributed by atoms with E-state index in [1.165, 1.54) is 26.4 Å². The molecular weight excluding hydrogens is 628 g/mol. The molecule has 0 saturated carbocycles. The third-order valence-electron chi connectivity index (χ3n) is 4.87. The number of nitrogens with zero attached hydrogens (tertiary/aromatic N) is 2. The average molecular weight is 654 g/mol. The van der Waals surface area contributed by atoms with Gasteiger partial charge < -0.3 is 24.7 Å². The first-order valence-corrected chi connectivity index (χ1v) is 10.6. The number of benzene rings is 3. The van der Waals surface area contributed by atoms with Gasteiger partial charge in [-0.05, 0) is 29.8 Å². The van der Waals surface area contributed by atoms with Crippen molar-refractivity contribution in [3.8, 4) is 33.8 Å². The standard InChI is InChI=1S/C22H14FN2.C5H12O4.Ir/c23-19-13-11-16(12-14-19)20-15-24-21(17-7-3-1-4-8-17)22(25-20)18-9-5-2-6-10-18;1-8-4(6)3-5(7)9-2;/h1-7,9-15H;4-7H,3H2,1-2H3;/q-1;;. The quantitative estimate of drug-likeness (QED) is 0.222.